The Balaban J connectivity index is 1.57. The molecule has 1 aliphatic carbocycles. The largest absolute Gasteiger partial charge is 0.378 e. The molecule has 0 radical (unpaired) electrons. The highest BCUT2D eigenvalue weighted by molar-refractivity contribution is 5.90. The highest BCUT2D eigenvalue weighted by atomic mass is 16.5. The molecule has 3 rings (SSSR count). The van der Waals surface area contributed by atoms with Crippen molar-refractivity contribution in [3.63, 3.8) is 0 Å². The normalized spacial score (nSPS) is 19.8. The Morgan fingerprint density at radius 1 is 1.35 bits per heavy atom. The number of nitrogens with one attached hydrogen (secondary N) is 2. The monoisotopic (exact) mass is 318 g/mol. The van der Waals surface area contributed by atoms with Gasteiger partial charge in [0.1, 0.15) is 5.82 Å². The summed E-state index contributed by atoms with van der Waals surface area (Å²) in [5, 5.41) is 5.95. The van der Waals surface area contributed by atoms with Gasteiger partial charge in [-0.25, -0.2) is 9.78 Å². The molecule has 1 atom stereocenters. The van der Waals surface area contributed by atoms with E-state index in [4.69, 9.17) is 4.74 Å². The number of rotatable bonds is 4. The number of amides is 2. The number of pyridine rings is 1. The SMILES string of the molecule is Cc1nc(N2CCOCC2)ccc1NC(=O)NC(C)C1CCC1. The second kappa shape index (κ2) is 7.17. The molecule has 2 aliphatic rings. The minimum atomic E-state index is -0.145. The number of urea groups is 1. The topological polar surface area (TPSA) is 66.5 Å². The Bertz CT molecular complexity index is 554. The number of morpholine rings is 1. The number of nitrogens with zero attached hydrogens (tertiary/aromatic N) is 2. The van der Waals surface area contributed by atoms with E-state index in [-0.39, 0.29) is 12.1 Å². The van der Waals surface area contributed by atoms with Crippen molar-refractivity contribution in [2.45, 2.75) is 39.2 Å². The van der Waals surface area contributed by atoms with E-state index in [0.717, 1.165) is 43.5 Å². The summed E-state index contributed by atoms with van der Waals surface area (Å²) in [5.74, 6) is 1.57. The van der Waals surface area contributed by atoms with Crippen LogP contribution in [0.4, 0.5) is 16.3 Å². The number of anilines is 2. The Hall–Kier alpha value is -1.82. The van der Waals surface area contributed by atoms with Crippen LogP contribution < -0.4 is 15.5 Å². The van der Waals surface area contributed by atoms with Gasteiger partial charge in [0.2, 0.25) is 0 Å². The van der Waals surface area contributed by atoms with Crippen LogP contribution in [-0.2, 0) is 4.74 Å². The maximum Gasteiger partial charge on any atom is 0.319 e. The molecule has 6 nitrogen and oxygen atoms in total. The number of carbonyl (C=O) groups excluding carboxylic acids is 1. The summed E-state index contributed by atoms with van der Waals surface area (Å²) in [6.07, 6.45) is 3.72. The van der Waals surface area contributed by atoms with Crippen molar-refractivity contribution in [2.75, 3.05) is 36.5 Å². The molecular weight excluding hydrogens is 292 g/mol. The molecule has 1 unspecified atom stereocenters. The molecule has 0 bridgehead atoms. The third kappa shape index (κ3) is 3.93. The Morgan fingerprint density at radius 3 is 2.70 bits per heavy atom. The van der Waals surface area contributed by atoms with E-state index in [1.807, 2.05) is 19.1 Å². The molecule has 1 aliphatic heterocycles. The maximum atomic E-state index is 12.1. The fourth-order valence-corrected chi connectivity index (χ4v) is 3.07. The predicted octanol–water partition coefficient (Wildman–Crippen LogP) is 2.54. The quantitative estimate of drug-likeness (QED) is 0.895. The minimum Gasteiger partial charge on any atom is -0.378 e. The molecule has 2 fully saturated rings. The van der Waals surface area contributed by atoms with E-state index in [1.54, 1.807) is 0 Å². The van der Waals surface area contributed by atoms with Gasteiger partial charge in [0.15, 0.2) is 0 Å². The number of hydrogen-bond acceptors (Lipinski definition) is 4. The van der Waals surface area contributed by atoms with Gasteiger partial charge in [-0.3, -0.25) is 0 Å². The van der Waals surface area contributed by atoms with Crippen molar-refractivity contribution >= 4 is 17.5 Å². The first-order chi connectivity index (χ1) is 11.1. The Kier molecular flexibility index (Phi) is 5.00. The lowest BCUT2D eigenvalue weighted by atomic mass is 9.80. The van der Waals surface area contributed by atoms with Crippen molar-refractivity contribution in [3.05, 3.63) is 17.8 Å². The van der Waals surface area contributed by atoms with Gasteiger partial charge >= 0.3 is 6.03 Å². The summed E-state index contributed by atoms with van der Waals surface area (Å²) in [6, 6.07) is 3.97. The summed E-state index contributed by atoms with van der Waals surface area (Å²) < 4.78 is 5.36. The highest BCUT2D eigenvalue weighted by Crippen LogP contribution is 2.29. The molecule has 0 aromatic carbocycles. The second-order valence-electron chi connectivity index (χ2n) is 6.48. The van der Waals surface area contributed by atoms with E-state index in [1.165, 1.54) is 19.3 Å². The second-order valence-corrected chi connectivity index (χ2v) is 6.48. The lowest BCUT2D eigenvalue weighted by molar-refractivity contribution is 0.122. The lowest BCUT2D eigenvalue weighted by Crippen LogP contribution is -2.42. The minimum absolute atomic E-state index is 0.145. The van der Waals surface area contributed by atoms with Gasteiger partial charge in [-0.15, -0.1) is 0 Å². The zero-order valence-corrected chi connectivity index (χ0v) is 14.0. The van der Waals surface area contributed by atoms with Gasteiger partial charge in [-0.2, -0.15) is 0 Å². The third-order valence-corrected chi connectivity index (χ3v) is 4.87. The van der Waals surface area contributed by atoms with Crippen molar-refractivity contribution in [1.29, 1.82) is 0 Å². The Labute approximate surface area is 137 Å². The molecule has 0 spiro atoms. The molecular formula is C17H26N4O2. The maximum absolute atomic E-state index is 12.1. The van der Waals surface area contributed by atoms with E-state index in [9.17, 15) is 4.79 Å². The lowest BCUT2D eigenvalue weighted by Gasteiger charge is -2.32. The van der Waals surface area contributed by atoms with Crippen LogP contribution in [-0.4, -0.2) is 43.4 Å². The molecule has 6 heteroatoms. The fourth-order valence-electron chi connectivity index (χ4n) is 3.07. The van der Waals surface area contributed by atoms with Crippen LogP contribution in [0.1, 0.15) is 31.9 Å². The van der Waals surface area contributed by atoms with Gasteiger partial charge in [-0.05, 0) is 44.7 Å². The Morgan fingerprint density at radius 2 is 2.09 bits per heavy atom. The zero-order valence-electron chi connectivity index (χ0n) is 14.0. The third-order valence-electron chi connectivity index (χ3n) is 4.87. The van der Waals surface area contributed by atoms with Crippen LogP contribution in [0.5, 0.6) is 0 Å². The summed E-state index contributed by atoms with van der Waals surface area (Å²) in [4.78, 5) is 19.0. The number of ether oxygens (including phenoxy) is 1. The zero-order chi connectivity index (χ0) is 16.2. The molecule has 1 aromatic rings. The van der Waals surface area contributed by atoms with Gasteiger partial charge < -0.3 is 20.3 Å². The van der Waals surface area contributed by atoms with Crippen molar-refractivity contribution < 1.29 is 9.53 Å². The average Bonchev–Trinajstić information content (AvgIpc) is 2.48. The van der Waals surface area contributed by atoms with E-state index >= 15 is 0 Å². The van der Waals surface area contributed by atoms with Crippen LogP contribution in [0.2, 0.25) is 0 Å². The standard InChI is InChI=1S/C17H26N4O2/c1-12(14-4-3-5-14)19-17(22)20-15-6-7-16(18-13(15)2)21-8-10-23-11-9-21/h6-7,12,14H,3-5,8-11H2,1-2H3,(H2,19,20,22). The fraction of sp³-hybridized carbons (Fsp3) is 0.647. The molecule has 23 heavy (non-hydrogen) atoms. The first kappa shape index (κ1) is 16.1. The first-order valence-electron chi connectivity index (χ1n) is 8.51. The summed E-state index contributed by atoms with van der Waals surface area (Å²) in [7, 11) is 0. The molecule has 1 saturated heterocycles. The number of aromatic nitrogens is 1. The van der Waals surface area contributed by atoms with Gasteiger partial charge in [-0.1, -0.05) is 6.42 Å². The first-order valence-corrected chi connectivity index (χ1v) is 8.51. The molecule has 126 valence electrons. The number of carbonyl (C=O) groups is 1. The number of hydrogen-bond donors (Lipinski definition) is 2. The van der Waals surface area contributed by atoms with Crippen LogP contribution in [0, 0.1) is 12.8 Å². The van der Waals surface area contributed by atoms with Crippen molar-refractivity contribution in [3.8, 4) is 0 Å². The molecule has 1 saturated carbocycles. The van der Waals surface area contributed by atoms with Crippen LogP contribution in [0.25, 0.3) is 0 Å². The van der Waals surface area contributed by atoms with Gasteiger partial charge in [0.05, 0.1) is 24.6 Å². The predicted molar refractivity (Wildman–Crippen MR) is 91.0 cm³/mol. The average molecular weight is 318 g/mol. The van der Waals surface area contributed by atoms with Crippen molar-refractivity contribution in [2.24, 2.45) is 5.92 Å². The molecule has 2 N–H and O–H groups in total. The summed E-state index contributed by atoms with van der Waals surface area (Å²) in [5.41, 5.74) is 1.60. The molecule has 2 heterocycles. The number of aryl methyl sites for hydroxylation is 1. The van der Waals surface area contributed by atoms with Crippen LogP contribution in [0.3, 0.4) is 0 Å². The van der Waals surface area contributed by atoms with E-state index in [0.29, 0.717) is 5.92 Å². The van der Waals surface area contributed by atoms with Gasteiger partial charge in [0, 0.05) is 19.1 Å². The van der Waals surface area contributed by atoms with E-state index < -0.39 is 0 Å². The van der Waals surface area contributed by atoms with Crippen LogP contribution >= 0.6 is 0 Å². The molecule has 2 amide bonds. The smallest absolute Gasteiger partial charge is 0.319 e. The van der Waals surface area contributed by atoms with Crippen molar-refractivity contribution in [1.82, 2.24) is 10.3 Å². The van der Waals surface area contributed by atoms with E-state index in [2.05, 4.69) is 27.4 Å². The van der Waals surface area contributed by atoms with Crippen LogP contribution in [0.15, 0.2) is 12.1 Å². The summed E-state index contributed by atoms with van der Waals surface area (Å²) in [6.45, 7) is 7.20. The summed E-state index contributed by atoms with van der Waals surface area (Å²) >= 11 is 0. The molecule has 1 aromatic heterocycles. The van der Waals surface area contributed by atoms with Gasteiger partial charge in [0.25, 0.3) is 0 Å². The highest BCUT2D eigenvalue weighted by Gasteiger charge is 2.25.